The first kappa shape index (κ1) is 15.7. The quantitative estimate of drug-likeness (QED) is 0.367. The van der Waals surface area contributed by atoms with Gasteiger partial charge in [0.2, 0.25) is 5.78 Å². The number of carbonyl (C=O) groups is 1. The SMILES string of the molecule is CCO[C@H](Nc1ccccc1[N+](=O)[O-])C(=O)c1ccccc1. The van der Waals surface area contributed by atoms with Gasteiger partial charge >= 0.3 is 0 Å². The summed E-state index contributed by atoms with van der Waals surface area (Å²) in [6.45, 7) is 2.06. The van der Waals surface area contributed by atoms with E-state index in [1.807, 2.05) is 6.07 Å². The largest absolute Gasteiger partial charge is 0.351 e. The molecule has 2 aromatic carbocycles. The molecule has 0 aliphatic heterocycles. The van der Waals surface area contributed by atoms with Gasteiger partial charge in [-0.05, 0) is 13.0 Å². The van der Waals surface area contributed by atoms with Gasteiger partial charge in [0.05, 0.1) is 4.92 Å². The number of nitrogens with one attached hydrogen (secondary N) is 1. The van der Waals surface area contributed by atoms with Crippen molar-refractivity contribution in [2.24, 2.45) is 0 Å². The lowest BCUT2D eigenvalue weighted by atomic mass is 10.1. The van der Waals surface area contributed by atoms with Gasteiger partial charge in [0.1, 0.15) is 5.69 Å². The number of hydrogen-bond acceptors (Lipinski definition) is 5. The summed E-state index contributed by atoms with van der Waals surface area (Å²) < 4.78 is 5.41. The van der Waals surface area contributed by atoms with Crippen LogP contribution in [0.3, 0.4) is 0 Å². The van der Waals surface area contributed by atoms with Crippen LogP contribution in [0, 0.1) is 10.1 Å². The highest BCUT2D eigenvalue weighted by Crippen LogP contribution is 2.24. The topological polar surface area (TPSA) is 81.5 Å². The van der Waals surface area contributed by atoms with Gasteiger partial charge in [-0.1, -0.05) is 42.5 Å². The molecule has 1 atom stereocenters. The van der Waals surface area contributed by atoms with Gasteiger partial charge in [0, 0.05) is 18.2 Å². The van der Waals surface area contributed by atoms with Crippen molar-refractivity contribution in [1.82, 2.24) is 0 Å². The molecule has 0 amide bonds. The van der Waals surface area contributed by atoms with Crippen LogP contribution in [0.5, 0.6) is 0 Å². The molecule has 0 aliphatic carbocycles. The molecule has 0 saturated heterocycles. The van der Waals surface area contributed by atoms with Gasteiger partial charge in [-0.3, -0.25) is 14.9 Å². The maximum Gasteiger partial charge on any atom is 0.292 e. The Balaban J connectivity index is 2.26. The Morgan fingerprint density at radius 1 is 1.18 bits per heavy atom. The van der Waals surface area contributed by atoms with Gasteiger partial charge in [-0.15, -0.1) is 0 Å². The second kappa shape index (κ2) is 7.33. The molecular weight excluding hydrogens is 284 g/mol. The Hall–Kier alpha value is -2.73. The molecule has 0 aliphatic rings. The number of ketones is 1. The number of carbonyl (C=O) groups excluding carboxylic acids is 1. The van der Waals surface area contributed by atoms with Crippen molar-refractivity contribution in [1.29, 1.82) is 0 Å². The monoisotopic (exact) mass is 300 g/mol. The maximum atomic E-state index is 12.5. The van der Waals surface area contributed by atoms with E-state index in [9.17, 15) is 14.9 Å². The average molecular weight is 300 g/mol. The van der Waals surface area contributed by atoms with Crippen molar-refractivity contribution >= 4 is 17.2 Å². The Labute approximate surface area is 127 Å². The molecule has 0 aromatic heterocycles. The highest BCUT2D eigenvalue weighted by atomic mass is 16.6. The van der Waals surface area contributed by atoms with Gasteiger partial charge in [0.25, 0.3) is 5.69 Å². The highest BCUT2D eigenvalue weighted by Gasteiger charge is 2.23. The van der Waals surface area contributed by atoms with Gasteiger partial charge < -0.3 is 10.1 Å². The van der Waals surface area contributed by atoms with E-state index in [-0.39, 0.29) is 17.2 Å². The minimum absolute atomic E-state index is 0.104. The molecule has 6 heteroatoms. The van der Waals surface area contributed by atoms with Crippen molar-refractivity contribution in [3.05, 3.63) is 70.3 Å². The number of nitrogens with zero attached hydrogens (tertiary/aromatic N) is 1. The van der Waals surface area contributed by atoms with E-state index >= 15 is 0 Å². The molecule has 114 valence electrons. The summed E-state index contributed by atoms with van der Waals surface area (Å²) in [6.07, 6.45) is -0.978. The lowest BCUT2D eigenvalue weighted by molar-refractivity contribution is -0.384. The van der Waals surface area contributed by atoms with Gasteiger partial charge in [0.15, 0.2) is 6.23 Å². The van der Waals surface area contributed by atoms with Crippen LogP contribution in [-0.2, 0) is 4.74 Å². The third-order valence-electron chi connectivity index (χ3n) is 3.02. The molecule has 1 N–H and O–H groups in total. The third kappa shape index (κ3) is 3.67. The molecule has 2 aromatic rings. The molecule has 0 spiro atoms. The lowest BCUT2D eigenvalue weighted by Gasteiger charge is -2.18. The Bertz CT molecular complexity index is 658. The van der Waals surface area contributed by atoms with Crippen LogP contribution in [0.4, 0.5) is 11.4 Å². The first-order valence-corrected chi connectivity index (χ1v) is 6.84. The number of para-hydroxylation sites is 2. The van der Waals surface area contributed by atoms with Gasteiger partial charge in [-0.2, -0.15) is 0 Å². The fraction of sp³-hybridized carbons (Fsp3) is 0.188. The van der Waals surface area contributed by atoms with Gasteiger partial charge in [-0.25, -0.2) is 0 Å². The van der Waals surface area contributed by atoms with Crippen LogP contribution in [0.15, 0.2) is 54.6 Å². The summed E-state index contributed by atoms with van der Waals surface area (Å²) in [6, 6.07) is 14.8. The summed E-state index contributed by atoms with van der Waals surface area (Å²) in [5.41, 5.74) is 0.621. The van der Waals surface area contributed by atoms with E-state index in [4.69, 9.17) is 4.74 Å². The average Bonchev–Trinajstić information content (AvgIpc) is 2.55. The Morgan fingerprint density at radius 2 is 1.82 bits per heavy atom. The molecule has 0 fully saturated rings. The second-order valence-electron chi connectivity index (χ2n) is 4.48. The second-order valence-corrected chi connectivity index (χ2v) is 4.48. The smallest absolute Gasteiger partial charge is 0.292 e. The molecule has 0 bridgehead atoms. The molecule has 0 heterocycles. The zero-order chi connectivity index (χ0) is 15.9. The Kier molecular flexibility index (Phi) is 5.21. The van der Waals surface area contributed by atoms with E-state index in [2.05, 4.69) is 5.32 Å². The van der Waals surface area contributed by atoms with Crippen LogP contribution in [0.25, 0.3) is 0 Å². The summed E-state index contributed by atoms with van der Waals surface area (Å²) in [5, 5.41) is 13.9. The Morgan fingerprint density at radius 3 is 2.45 bits per heavy atom. The van der Waals surface area contributed by atoms with E-state index in [1.54, 1.807) is 49.4 Å². The number of Topliss-reactive ketones (excluding diaryl/α,β-unsaturated/α-hetero) is 1. The number of ether oxygens (including phenoxy) is 1. The van der Waals surface area contributed by atoms with E-state index in [1.165, 1.54) is 6.07 Å². The van der Waals surface area contributed by atoms with E-state index in [0.717, 1.165) is 0 Å². The first-order valence-electron chi connectivity index (χ1n) is 6.84. The molecule has 0 saturated carbocycles. The summed E-state index contributed by atoms with van der Waals surface area (Å²) in [7, 11) is 0. The molecule has 2 rings (SSSR count). The van der Waals surface area contributed by atoms with Crippen LogP contribution in [-0.4, -0.2) is 23.5 Å². The number of nitro groups is 1. The molecule has 0 unspecified atom stereocenters. The third-order valence-corrected chi connectivity index (χ3v) is 3.02. The van der Waals surface area contributed by atoms with Crippen LogP contribution in [0.1, 0.15) is 17.3 Å². The zero-order valence-corrected chi connectivity index (χ0v) is 12.1. The minimum Gasteiger partial charge on any atom is -0.351 e. The first-order chi connectivity index (χ1) is 10.6. The predicted molar refractivity (Wildman–Crippen MR) is 82.9 cm³/mol. The predicted octanol–water partition coefficient (Wildman–Crippen LogP) is 3.25. The number of nitro benzene ring substituents is 1. The molecule has 6 nitrogen and oxygen atoms in total. The fourth-order valence-corrected chi connectivity index (χ4v) is 2.00. The number of rotatable bonds is 7. The van der Waals surface area contributed by atoms with E-state index in [0.29, 0.717) is 12.2 Å². The number of hydrogen-bond donors (Lipinski definition) is 1. The van der Waals surface area contributed by atoms with Crippen molar-refractivity contribution < 1.29 is 14.5 Å². The maximum absolute atomic E-state index is 12.5. The fourth-order valence-electron chi connectivity index (χ4n) is 2.00. The highest BCUT2D eigenvalue weighted by molar-refractivity contribution is 6.00. The summed E-state index contributed by atoms with van der Waals surface area (Å²) >= 11 is 0. The standard InChI is InChI=1S/C16H16N2O4/c1-2-22-16(15(19)12-8-4-3-5-9-12)17-13-10-6-7-11-14(13)18(20)21/h3-11,16-17H,2H2,1H3/t16-/m0/s1. The molecule has 22 heavy (non-hydrogen) atoms. The van der Waals surface area contributed by atoms with Crippen molar-refractivity contribution in [3.63, 3.8) is 0 Å². The zero-order valence-electron chi connectivity index (χ0n) is 12.1. The molecule has 0 radical (unpaired) electrons. The van der Waals surface area contributed by atoms with Crippen LogP contribution < -0.4 is 5.32 Å². The summed E-state index contributed by atoms with van der Waals surface area (Å²) in [5.74, 6) is -0.277. The van der Waals surface area contributed by atoms with Crippen LogP contribution in [0.2, 0.25) is 0 Å². The number of benzene rings is 2. The normalized spacial score (nSPS) is 11.7. The van der Waals surface area contributed by atoms with E-state index < -0.39 is 11.2 Å². The lowest BCUT2D eigenvalue weighted by Crippen LogP contribution is -2.32. The summed E-state index contributed by atoms with van der Waals surface area (Å²) in [4.78, 5) is 23.0. The van der Waals surface area contributed by atoms with Crippen molar-refractivity contribution in [2.45, 2.75) is 13.2 Å². The minimum atomic E-state index is -0.978. The van der Waals surface area contributed by atoms with Crippen molar-refractivity contribution in [2.75, 3.05) is 11.9 Å². The van der Waals surface area contributed by atoms with Crippen LogP contribution >= 0.6 is 0 Å². The van der Waals surface area contributed by atoms with Crippen molar-refractivity contribution in [3.8, 4) is 0 Å². The number of anilines is 1. The molecular formula is C16H16N2O4.